The second-order valence-corrected chi connectivity index (χ2v) is 5.20. The third-order valence-electron chi connectivity index (χ3n) is 3.52. The minimum atomic E-state index is -1.11. The molecule has 0 bridgehead atoms. The molecule has 0 aliphatic heterocycles. The molecule has 0 amide bonds. The van der Waals surface area contributed by atoms with E-state index in [0.717, 1.165) is 12.8 Å². The number of rotatable bonds is 12. The monoisotopic (exact) mass is 257 g/mol. The molecule has 0 saturated heterocycles. The second kappa shape index (κ2) is 10.4. The summed E-state index contributed by atoms with van der Waals surface area (Å²) in [5.74, 6) is -1.11. The normalized spacial score (nSPS) is 14.4. The number of hydrogen-bond acceptors (Lipinski definition) is 3. The lowest BCUT2D eigenvalue weighted by Crippen LogP contribution is -2.47. The summed E-state index contributed by atoms with van der Waals surface area (Å²) < 4.78 is 5.42. The Hall–Kier alpha value is -0.570. The largest absolute Gasteiger partial charge is 0.547 e. The van der Waals surface area contributed by atoms with Gasteiger partial charge in [0.1, 0.15) is 5.60 Å². The van der Waals surface area contributed by atoms with Crippen LogP contribution in [-0.4, -0.2) is 18.2 Å². The molecular weight excluding hydrogens is 228 g/mol. The zero-order valence-electron chi connectivity index (χ0n) is 12.3. The Morgan fingerprint density at radius 2 is 1.50 bits per heavy atom. The van der Waals surface area contributed by atoms with E-state index in [1.54, 1.807) is 6.92 Å². The third-order valence-corrected chi connectivity index (χ3v) is 3.52. The fraction of sp³-hybridized carbons (Fsp3) is 0.933. The van der Waals surface area contributed by atoms with Crippen molar-refractivity contribution in [2.24, 2.45) is 0 Å². The molecule has 0 radical (unpaired) electrons. The number of carbonyl (C=O) groups is 1. The molecule has 3 nitrogen and oxygen atoms in total. The Morgan fingerprint density at radius 1 is 1.00 bits per heavy atom. The van der Waals surface area contributed by atoms with E-state index >= 15 is 0 Å². The fourth-order valence-electron chi connectivity index (χ4n) is 1.84. The lowest BCUT2D eigenvalue weighted by atomic mass is 10.0. The highest BCUT2D eigenvalue weighted by molar-refractivity contribution is 5.74. The standard InChI is InChI=1S/C15H30O3/c1-4-6-7-8-9-10-11-12-13-18-15(3,5-2)14(16)17/h4-13H2,1-3H3,(H,16,17)/p-1. The van der Waals surface area contributed by atoms with Crippen molar-refractivity contribution in [3.05, 3.63) is 0 Å². The topological polar surface area (TPSA) is 49.4 Å². The molecule has 0 saturated carbocycles. The van der Waals surface area contributed by atoms with Crippen LogP contribution in [0, 0.1) is 0 Å². The van der Waals surface area contributed by atoms with Crippen LogP contribution in [0.4, 0.5) is 0 Å². The van der Waals surface area contributed by atoms with Crippen molar-refractivity contribution in [1.82, 2.24) is 0 Å². The highest BCUT2D eigenvalue weighted by Gasteiger charge is 2.23. The summed E-state index contributed by atoms with van der Waals surface area (Å²) in [4.78, 5) is 10.9. The fourth-order valence-corrected chi connectivity index (χ4v) is 1.84. The highest BCUT2D eigenvalue weighted by Crippen LogP contribution is 2.15. The first kappa shape index (κ1) is 17.4. The van der Waals surface area contributed by atoms with Crippen molar-refractivity contribution in [2.75, 3.05) is 6.61 Å². The maximum Gasteiger partial charge on any atom is 0.104 e. The van der Waals surface area contributed by atoms with Crippen LogP contribution in [0.1, 0.15) is 78.6 Å². The average Bonchev–Trinajstić information content (AvgIpc) is 2.36. The summed E-state index contributed by atoms with van der Waals surface area (Å²) in [5, 5.41) is 10.9. The molecule has 108 valence electrons. The van der Waals surface area contributed by atoms with E-state index < -0.39 is 11.6 Å². The zero-order chi connectivity index (χ0) is 13.9. The van der Waals surface area contributed by atoms with Gasteiger partial charge in [-0.25, -0.2) is 0 Å². The first-order chi connectivity index (χ1) is 8.56. The number of hydrogen-bond donors (Lipinski definition) is 0. The quantitative estimate of drug-likeness (QED) is 0.505. The lowest BCUT2D eigenvalue weighted by Gasteiger charge is -2.29. The molecule has 3 heteroatoms. The van der Waals surface area contributed by atoms with Gasteiger partial charge in [-0.1, -0.05) is 58.8 Å². The summed E-state index contributed by atoms with van der Waals surface area (Å²) in [6, 6.07) is 0. The number of carboxylic acids is 1. The summed E-state index contributed by atoms with van der Waals surface area (Å²) >= 11 is 0. The first-order valence-corrected chi connectivity index (χ1v) is 7.42. The van der Waals surface area contributed by atoms with Crippen molar-refractivity contribution in [2.45, 2.75) is 84.2 Å². The smallest absolute Gasteiger partial charge is 0.104 e. The summed E-state index contributed by atoms with van der Waals surface area (Å²) in [6.07, 6.45) is 10.3. The van der Waals surface area contributed by atoms with Crippen molar-refractivity contribution in [3.8, 4) is 0 Å². The molecule has 0 heterocycles. The van der Waals surface area contributed by atoms with Crippen molar-refractivity contribution < 1.29 is 14.6 Å². The van der Waals surface area contributed by atoms with Crippen LogP contribution in [0.5, 0.6) is 0 Å². The van der Waals surface area contributed by atoms with Crippen LogP contribution >= 0.6 is 0 Å². The molecule has 18 heavy (non-hydrogen) atoms. The maximum absolute atomic E-state index is 10.9. The molecule has 1 unspecified atom stereocenters. The van der Waals surface area contributed by atoms with Crippen LogP contribution in [0.3, 0.4) is 0 Å². The zero-order valence-corrected chi connectivity index (χ0v) is 12.3. The van der Waals surface area contributed by atoms with Gasteiger partial charge < -0.3 is 14.6 Å². The number of ether oxygens (including phenoxy) is 1. The van der Waals surface area contributed by atoms with E-state index in [2.05, 4.69) is 6.92 Å². The van der Waals surface area contributed by atoms with Crippen molar-refractivity contribution in [1.29, 1.82) is 0 Å². The SMILES string of the molecule is CCCCCCCCCCOC(C)(CC)C(=O)[O-]. The number of carboxylic acid groups (broad SMARTS) is 1. The van der Waals surface area contributed by atoms with Crippen LogP contribution < -0.4 is 5.11 Å². The number of aliphatic carboxylic acids is 1. The van der Waals surface area contributed by atoms with E-state index in [1.807, 2.05) is 6.92 Å². The summed E-state index contributed by atoms with van der Waals surface area (Å²) in [5.41, 5.74) is -1.11. The van der Waals surface area contributed by atoms with Gasteiger partial charge >= 0.3 is 0 Å². The molecule has 0 aromatic heterocycles. The predicted octanol–water partition coefficient (Wildman–Crippen LogP) is 3.06. The van der Waals surface area contributed by atoms with E-state index in [4.69, 9.17) is 4.74 Å². The first-order valence-electron chi connectivity index (χ1n) is 7.42. The molecule has 0 aliphatic rings. The summed E-state index contributed by atoms with van der Waals surface area (Å²) in [7, 11) is 0. The van der Waals surface area contributed by atoms with Crippen LogP contribution in [0.2, 0.25) is 0 Å². The minimum absolute atomic E-state index is 0.451. The number of carbonyl (C=O) groups excluding carboxylic acids is 1. The molecule has 0 aliphatic carbocycles. The number of unbranched alkanes of at least 4 members (excludes halogenated alkanes) is 7. The van der Waals surface area contributed by atoms with Gasteiger partial charge in [0.15, 0.2) is 0 Å². The predicted molar refractivity (Wildman–Crippen MR) is 72.3 cm³/mol. The molecule has 0 N–H and O–H groups in total. The van der Waals surface area contributed by atoms with Crippen molar-refractivity contribution >= 4 is 5.97 Å². The van der Waals surface area contributed by atoms with Gasteiger partial charge in [0.25, 0.3) is 0 Å². The van der Waals surface area contributed by atoms with Crippen LogP contribution in [0.25, 0.3) is 0 Å². The van der Waals surface area contributed by atoms with Gasteiger partial charge in [-0.2, -0.15) is 0 Å². The average molecular weight is 257 g/mol. The summed E-state index contributed by atoms with van der Waals surface area (Å²) in [6.45, 7) is 6.14. The van der Waals surface area contributed by atoms with Gasteiger partial charge in [0, 0.05) is 6.61 Å². The lowest BCUT2D eigenvalue weighted by molar-refractivity contribution is -0.326. The van der Waals surface area contributed by atoms with Crippen LogP contribution in [0.15, 0.2) is 0 Å². The van der Waals surface area contributed by atoms with Gasteiger partial charge in [-0.3, -0.25) is 0 Å². The Bertz CT molecular complexity index is 216. The molecular formula is C15H29O3-. The Balaban J connectivity index is 3.42. The van der Waals surface area contributed by atoms with E-state index in [1.165, 1.54) is 38.5 Å². The molecule has 1 atom stereocenters. The van der Waals surface area contributed by atoms with Gasteiger partial charge in [0.05, 0.1) is 5.97 Å². The van der Waals surface area contributed by atoms with Crippen molar-refractivity contribution in [3.63, 3.8) is 0 Å². The molecule has 0 aromatic carbocycles. The second-order valence-electron chi connectivity index (χ2n) is 5.20. The molecule has 0 spiro atoms. The Labute approximate surface area is 112 Å². The van der Waals surface area contributed by atoms with E-state index in [9.17, 15) is 9.90 Å². The van der Waals surface area contributed by atoms with E-state index in [-0.39, 0.29) is 0 Å². The van der Waals surface area contributed by atoms with Gasteiger partial charge in [-0.15, -0.1) is 0 Å². The molecule has 0 rings (SSSR count). The van der Waals surface area contributed by atoms with Gasteiger partial charge in [-0.05, 0) is 19.8 Å². The molecule has 0 aromatic rings. The van der Waals surface area contributed by atoms with Gasteiger partial charge in [0.2, 0.25) is 0 Å². The Kier molecular flexibility index (Phi) is 10.0. The third kappa shape index (κ3) is 7.70. The highest BCUT2D eigenvalue weighted by atomic mass is 16.5. The molecule has 0 fully saturated rings. The van der Waals surface area contributed by atoms with E-state index in [0.29, 0.717) is 13.0 Å². The Morgan fingerprint density at radius 3 is 1.94 bits per heavy atom. The van der Waals surface area contributed by atoms with Crippen LogP contribution in [-0.2, 0) is 9.53 Å². The maximum atomic E-state index is 10.9. The minimum Gasteiger partial charge on any atom is -0.547 e.